The van der Waals surface area contributed by atoms with Crippen molar-refractivity contribution in [2.24, 2.45) is 0 Å². The first kappa shape index (κ1) is 19.7. The summed E-state index contributed by atoms with van der Waals surface area (Å²) < 4.78 is 5.61. The highest BCUT2D eigenvalue weighted by Gasteiger charge is 2.27. The lowest BCUT2D eigenvalue weighted by atomic mass is 10.1. The maximum atomic E-state index is 12.4. The molecule has 0 radical (unpaired) electrons. The zero-order valence-corrected chi connectivity index (χ0v) is 16.3. The number of urea groups is 1. The Morgan fingerprint density at radius 2 is 2.19 bits per heavy atom. The van der Waals surface area contributed by atoms with E-state index in [2.05, 4.69) is 11.4 Å². The average molecular weight is 373 g/mol. The van der Waals surface area contributed by atoms with Crippen molar-refractivity contribution in [2.45, 2.75) is 51.7 Å². The topological polar surface area (TPSA) is 61.9 Å². The van der Waals surface area contributed by atoms with Gasteiger partial charge in [0.1, 0.15) is 6.54 Å². The zero-order valence-electron chi connectivity index (χ0n) is 16.3. The number of aryl methyl sites for hydroxylation is 1. The SMILES string of the molecule is Cc1cccc(CN2CCN(C(=O)NCCCC[C@H]3CCCO3)CC2=O)c1. The first-order valence-electron chi connectivity index (χ1n) is 10.1. The molecule has 3 amide bonds. The van der Waals surface area contributed by atoms with E-state index in [-0.39, 0.29) is 18.5 Å². The van der Waals surface area contributed by atoms with Crippen molar-refractivity contribution in [1.29, 1.82) is 0 Å². The molecule has 0 aromatic heterocycles. The number of unbranched alkanes of at least 4 members (excludes halogenated alkanes) is 1. The van der Waals surface area contributed by atoms with E-state index in [4.69, 9.17) is 4.74 Å². The van der Waals surface area contributed by atoms with Gasteiger partial charge in [0, 0.05) is 32.8 Å². The Labute approximate surface area is 161 Å². The molecule has 27 heavy (non-hydrogen) atoms. The van der Waals surface area contributed by atoms with Gasteiger partial charge >= 0.3 is 6.03 Å². The third kappa shape index (κ3) is 5.96. The molecular formula is C21H31N3O3. The smallest absolute Gasteiger partial charge is 0.317 e. The van der Waals surface area contributed by atoms with E-state index in [9.17, 15) is 9.59 Å². The minimum absolute atomic E-state index is 0.0105. The number of nitrogens with zero attached hydrogens (tertiary/aromatic N) is 2. The predicted octanol–water partition coefficient (Wildman–Crippen LogP) is 2.70. The van der Waals surface area contributed by atoms with Crippen molar-refractivity contribution >= 4 is 11.9 Å². The molecule has 6 heteroatoms. The summed E-state index contributed by atoms with van der Waals surface area (Å²) in [5.74, 6) is 0.0105. The van der Waals surface area contributed by atoms with Gasteiger partial charge in [0.2, 0.25) is 5.91 Å². The Bertz CT molecular complexity index is 643. The van der Waals surface area contributed by atoms with E-state index in [0.717, 1.165) is 31.4 Å². The molecule has 2 fully saturated rings. The van der Waals surface area contributed by atoms with Crippen LogP contribution in [0.1, 0.15) is 43.2 Å². The molecule has 1 aromatic carbocycles. The molecular weight excluding hydrogens is 342 g/mol. The van der Waals surface area contributed by atoms with E-state index in [1.165, 1.54) is 18.4 Å². The molecule has 2 saturated heterocycles. The molecule has 0 aliphatic carbocycles. The zero-order chi connectivity index (χ0) is 19.1. The van der Waals surface area contributed by atoms with Crippen LogP contribution in [0.25, 0.3) is 0 Å². The summed E-state index contributed by atoms with van der Waals surface area (Å²) in [5.41, 5.74) is 2.32. The van der Waals surface area contributed by atoms with Gasteiger partial charge in [-0.05, 0) is 44.6 Å². The fourth-order valence-electron chi connectivity index (χ4n) is 3.76. The maximum absolute atomic E-state index is 12.4. The lowest BCUT2D eigenvalue weighted by molar-refractivity contribution is -0.135. The third-order valence-electron chi connectivity index (χ3n) is 5.31. The first-order valence-corrected chi connectivity index (χ1v) is 10.1. The Hall–Kier alpha value is -2.08. The van der Waals surface area contributed by atoms with E-state index >= 15 is 0 Å². The molecule has 3 rings (SSSR count). The van der Waals surface area contributed by atoms with Crippen LogP contribution >= 0.6 is 0 Å². The summed E-state index contributed by atoms with van der Waals surface area (Å²) in [6.07, 6.45) is 5.85. The van der Waals surface area contributed by atoms with Gasteiger partial charge in [-0.1, -0.05) is 29.8 Å². The van der Waals surface area contributed by atoms with E-state index in [1.54, 1.807) is 4.90 Å². The van der Waals surface area contributed by atoms with Crippen molar-refractivity contribution < 1.29 is 14.3 Å². The van der Waals surface area contributed by atoms with Gasteiger partial charge in [-0.15, -0.1) is 0 Å². The van der Waals surface area contributed by atoms with Crippen LogP contribution in [0.15, 0.2) is 24.3 Å². The normalized spacial score (nSPS) is 20.2. The van der Waals surface area contributed by atoms with Gasteiger partial charge in [0.25, 0.3) is 0 Å². The number of ether oxygens (including phenoxy) is 1. The van der Waals surface area contributed by atoms with Crippen LogP contribution in [0, 0.1) is 6.92 Å². The van der Waals surface area contributed by atoms with Crippen LogP contribution in [0.4, 0.5) is 4.79 Å². The van der Waals surface area contributed by atoms with E-state index < -0.39 is 0 Å². The van der Waals surface area contributed by atoms with Crippen molar-refractivity contribution in [3.05, 3.63) is 35.4 Å². The molecule has 148 valence electrons. The van der Waals surface area contributed by atoms with Crippen LogP contribution in [-0.2, 0) is 16.1 Å². The Kier molecular flexibility index (Phi) is 7.10. The number of rotatable bonds is 7. The lowest BCUT2D eigenvalue weighted by Gasteiger charge is -2.34. The summed E-state index contributed by atoms with van der Waals surface area (Å²) in [7, 11) is 0. The summed E-state index contributed by atoms with van der Waals surface area (Å²) in [5, 5.41) is 2.95. The summed E-state index contributed by atoms with van der Waals surface area (Å²) in [4.78, 5) is 28.2. The average Bonchev–Trinajstić information content (AvgIpc) is 3.16. The third-order valence-corrected chi connectivity index (χ3v) is 5.31. The number of nitrogens with one attached hydrogen (secondary N) is 1. The Balaban J connectivity index is 1.34. The van der Waals surface area contributed by atoms with E-state index in [0.29, 0.717) is 32.3 Å². The van der Waals surface area contributed by atoms with Gasteiger partial charge < -0.3 is 19.9 Å². The molecule has 0 spiro atoms. The largest absolute Gasteiger partial charge is 0.378 e. The first-order chi connectivity index (χ1) is 13.1. The fraction of sp³-hybridized carbons (Fsp3) is 0.619. The van der Waals surface area contributed by atoms with Crippen molar-refractivity contribution in [2.75, 3.05) is 32.8 Å². The second kappa shape index (κ2) is 9.74. The van der Waals surface area contributed by atoms with Gasteiger partial charge in [-0.25, -0.2) is 4.79 Å². The number of benzene rings is 1. The van der Waals surface area contributed by atoms with Crippen LogP contribution in [0.3, 0.4) is 0 Å². The van der Waals surface area contributed by atoms with Gasteiger partial charge in [-0.2, -0.15) is 0 Å². The molecule has 0 unspecified atom stereocenters. The minimum Gasteiger partial charge on any atom is -0.378 e. The highest BCUT2D eigenvalue weighted by molar-refractivity contribution is 5.85. The molecule has 1 N–H and O–H groups in total. The number of carbonyl (C=O) groups excluding carboxylic acids is 2. The second-order valence-corrected chi connectivity index (χ2v) is 7.59. The molecule has 6 nitrogen and oxygen atoms in total. The monoisotopic (exact) mass is 373 g/mol. The molecule has 1 atom stereocenters. The van der Waals surface area contributed by atoms with Gasteiger partial charge in [0.15, 0.2) is 0 Å². The lowest BCUT2D eigenvalue weighted by Crippen LogP contribution is -2.54. The molecule has 1 aromatic rings. The Morgan fingerprint density at radius 3 is 2.93 bits per heavy atom. The number of carbonyl (C=O) groups is 2. The van der Waals surface area contributed by atoms with Crippen molar-refractivity contribution in [1.82, 2.24) is 15.1 Å². The highest BCUT2D eigenvalue weighted by Crippen LogP contribution is 2.17. The van der Waals surface area contributed by atoms with Crippen molar-refractivity contribution in [3.63, 3.8) is 0 Å². The quantitative estimate of drug-likeness (QED) is 0.748. The summed E-state index contributed by atoms with van der Waals surface area (Å²) in [6, 6.07) is 8.07. The minimum atomic E-state index is -0.129. The van der Waals surface area contributed by atoms with E-state index in [1.807, 2.05) is 30.0 Å². The van der Waals surface area contributed by atoms with Crippen LogP contribution in [-0.4, -0.2) is 60.6 Å². The van der Waals surface area contributed by atoms with Crippen LogP contribution in [0.2, 0.25) is 0 Å². The predicted molar refractivity (Wildman–Crippen MR) is 104 cm³/mol. The van der Waals surface area contributed by atoms with Gasteiger partial charge in [0.05, 0.1) is 6.10 Å². The Morgan fingerprint density at radius 1 is 1.30 bits per heavy atom. The number of hydrogen-bond donors (Lipinski definition) is 1. The van der Waals surface area contributed by atoms with Crippen molar-refractivity contribution in [3.8, 4) is 0 Å². The summed E-state index contributed by atoms with van der Waals surface area (Å²) >= 11 is 0. The maximum Gasteiger partial charge on any atom is 0.317 e. The molecule has 0 bridgehead atoms. The summed E-state index contributed by atoms with van der Waals surface area (Å²) in [6.45, 7) is 5.54. The highest BCUT2D eigenvalue weighted by atomic mass is 16.5. The molecule has 2 aliphatic rings. The van der Waals surface area contributed by atoms with Crippen LogP contribution in [0.5, 0.6) is 0 Å². The fourth-order valence-corrected chi connectivity index (χ4v) is 3.76. The molecule has 2 aliphatic heterocycles. The molecule has 2 heterocycles. The van der Waals surface area contributed by atoms with Crippen LogP contribution < -0.4 is 5.32 Å². The number of hydrogen-bond acceptors (Lipinski definition) is 3. The van der Waals surface area contributed by atoms with Gasteiger partial charge in [-0.3, -0.25) is 4.79 Å². The number of piperazine rings is 1. The molecule has 0 saturated carbocycles. The number of amides is 3. The second-order valence-electron chi connectivity index (χ2n) is 7.59. The standard InChI is InChI=1S/C21H31N3O3/c1-17-6-4-7-18(14-17)15-23-11-12-24(16-20(23)25)21(26)22-10-3-2-8-19-9-5-13-27-19/h4,6-7,14,19H,2-3,5,8-13,15-16H2,1H3,(H,22,26)/t19-/m0/s1.